The summed E-state index contributed by atoms with van der Waals surface area (Å²) >= 11 is 3.48. The lowest BCUT2D eigenvalue weighted by Crippen LogP contribution is -2.55. The van der Waals surface area contributed by atoms with Gasteiger partial charge in [-0.15, -0.1) is 0 Å². The molecule has 0 aromatic heterocycles. The number of para-hydroxylation sites is 2. The van der Waals surface area contributed by atoms with Crippen molar-refractivity contribution >= 4 is 50.9 Å². The van der Waals surface area contributed by atoms with Gasteiger partial charge in [0, 0.05) is 27.0 Å². The van der Waals surface area contributed by atoms with Gasteiger partial charge >= 0.3 is 0 Å². The van der Waals surface area contributed by atoms with Crippen LogP contribution in [-0.2, 0) is 16.6 Å². The highest BCUT2D eigenvalue weighted by molar-refractivity contribution is 9.10. The van der Waals surface area contributed by atoms with E-state index in [-0.39, 0.29) is 17.5 Å². The molecule has 1 fully saturated rings. The first-order valence-electron chi connectivity index (χ1n) is 15.3. The van der Waals surface area contributed by atoms with Gasteiger partial charge in [0.05, 0.1) is 12.0 Å². The molecule has 220 valence electrons. The lowest BCUT2D eigenvalue weighted by molar-refractivity contribution is -0.121. The van der Waals surface area contributed by atoms with Crippen molar-refractivity contribution < 1.29 is 14.4 Å². The highest BCUT2D eigenvalue weighted by Crippen LogP contribution is 2.58. The molecule has 0 aliphatic carbocycles. The maximum absolute atomic E-state index is 14.9. The van der Waals surface area contributed by atoms with Gasteiger partial charge in [0.1, 0.15) is 11.5 Å². The minimum Gasteiger partial charge on any atom is -0.352 e. The molecule has 3 aliphatic rings. The van der Waals surface area contributed by atoms with Gasteiger partial charge in [-0.05, 0) is 53.8 Å². The number of halogens is 1. The van der Waals surface area contributed by atoms with Crippen LogP contribution >= 0.6 is 15.9 Å². The van der Waals surface area contributed by atoms with Crippen LogP contribution in [0, 0.1) is 5.92 Å². The number of carbonyl (C=O) groups excluding carboxylic acids is 3. The van der Waals surface area contributed by atoms with Crippen molar-refractivity contribution in [3.8, 4) is 0 Å². The van der Waals surface area contributed by atoms with Crippen molar-refractivity contribution in [3.63, 3.8) is 0 Å². The molecular weight excluding hydrogens is 612 g/mol. The van der Waals surface area contributed by atoms with Gasteiger partial charge in [0.2, 0.25) is 5.91 Å². The SMILES string of the molecule is CCCCCc1ccc(C(=O)[C@@H]2C3C=Cc4ccccc4N3[C@H](C(=O)c3ccc(Br)cc3)[C@]23C(=O)Nc2ccccc23)cc1. The third-order valence-corrected chi connectivity index (χ3v) is 10.0. The van der Waals surface area contributed by atoms with E-state index in [0.29, 0.717) is 22.4 Å². The number of rotatable bonds is 8. The van der Waals surface area contributed by atoms with Crippen LogP contribution in [-0.4, -0.2) is 29.6 Å². The van der Waals surface area contributed by atoms with Gasteiger partial charge in [-0.3, -0.25) is 14.4 Å². The fourth-order valence-electron chi connectivity index (χ4n) is 7.50. The molecule has 3 aliphatic heterocycles. The van der Waals surface area contributed by atoms with Crippen LogP contribution in [0.3, 0.4) is 0 Å². The number of nitrogens with zero attached hydrogens (tertiary/aromatic N) is 1. The molecule has 4 atom stereocenters. The number of fused-ring (bicyclic) bond motifs is 5. The predicted molar refractivity (Wildman–Crippen MR) is 178 cm³/mol. The van der Waals surface area contributed by atoms with Crippen LogP contribution < -0.4 is 10.2 Å². The predicted octanol–water partition coefficient (Wildman–Crippen LogP) is 8.04. The summed E-state index contributed by atoms with van der Waals surface area (Å²) < 4.78 is 0.856. The average Bonchev–Trinajstić information content (AvgIpc) is 3.53. The lowest BCUT2D eigenvalue weighted by Gasteiger charge is -2.37. The van der Waals surface area contributed by atoms with E-state index in [2.05, 4.69) is 28.2 Å². The Balaban J connectivity index is 1.44. The molecular formula is C38H33BrN2O3. The van der Waals surface area contributed by atoms with Crippen LogP contribution in [0.2, 0.25) is 0 Å². The topological polar surface area (TPSA) is 66.5 Å². The number of unbranched alkanes of at least 4 members (excludes halogenated alkanes) is 2. The Labute approximate surface area is 266 Å². The average molecular weight is 646 g/mol. The van der Waals surface area contributed by atoms with Gasteiger partial charge in [-0.2, -0.15) is 0 Å². The summed E-state index contributed by atoms with van der Waals surface area (Å²) in [7, 11) is 0. The van der Waals surface area contributed by atoms with Crippen LogP contribution in [0.5, 0.6) is 0 Å². The summed E-state index contributed by atoms with van der Waals surface area (Å²) in [5, 5.41) is 3.08. The Morgan fingerprint density at radius 3 is 2.30 bits per heavy atom. The number of amides is 1. The summed E-state index contributed by atoms with van der Waals surface area (Å²) in [6.45, 7) is 2.19. The van der Waals surface area contributed by atoms with Gasteiger partial charge in [0.15, 0.2) is 11.6 Å². The van der Waals surface area contributed by atoms with Crippen molar-refractivity contribution in [1.82, 2.24) is 0 Å². The number of ketones is 2. The van der Waals surface area contributed by atoms with E-state index in [0.717, 1.165) is 35.0 Å². The van der Waals surface area contributed by atoms with Crippen LogP contribution in [0.4, 0.5) is 11.4 Å². The monoisotopic (exact) mass is 644 g/mol. The summed E-state index contributed by atoms with van der Waals surface area (Å²) in [5.74, 6) is -1.49. The van der Waals surface area contributed by atoms with E-state index in [1.165, 1.54) is 12.0 Å². The Bertz CT molecular complexity index is 1800. The minimum atomic E-state index is -1.45. The number of hydrogen-bond donors (Lipinski definition) is 1. The molecule has 7 rings (SSSR count). The zero-order chi connectivity index (χ0) is 30.4. The zero-order valence-corrected chi connectivity index (χ0v) is 26.1. The Morgan fingerprint density at radius 1 is 0.841 bits per heavy atom. The molecule has 0 bridgehead atoms. The van der Waals surface area contributed by atoms with Crippen LogP contribution in [0.25, 0.3) is 6.08 Å². The van der Waals surface area contributed by atoms with Crippen molar-refractivity contribution in [2.75, 3.05) is 10.2 Å². The number of nitrogens with one attached hydrogen (secondary N) is 1. The lowest BCUT2D eigenvalue weighted by atomic mass is 9.63. The number of Topliss-reactive ketones (excluding diaryl/α,β-unsaturated/α-hetero) is 2. The minimum absolute atomic E-state index is 0.137. The molecule has 44 heavy (non-hydrogen) atoms. The van der Waals surface area contributed by atoms with Gasteiger partial charge < -0.3 is 10.2 Å². The first kappa shape index (κ1) is 28.5. The quantitative estimate of drug-likeness (QED) is 0.156. The molecule has 1 spiro atoms. The maximum atomic E-state index is 14.9. The Morgan fingerprint density at radius 2 is 1.52 bits per heavy atom. The van der Waals surface area contributed by atoms with Gasteiger partial charge in [0.25, 0.3) is 0 Å². The number of benzene rings is 4. The van der Waals surface area contributed by atoms with Gasteiger partial charge in [-0.25, -0.2) is 0 Å². The second-order valence-electron chi connectivity index (χ2n) is 12.0. The smallest absolute Gasteiger partial charge is 0.238 e. The molecule has 5 nitrogen and oxygen atoms in total. The molecule has 6 heteroatoms. The molecule has 3 heterocycles. The highest BCUT2D eigenvalue weighted by atomic mass is 79.9. The third-order valence-electron chi connectivity index (χ3n) is 9.51. The largest absolute Gasteiger partial charge is 0.352 e. The summed E-state index contributed by atoms with van der Waals surface area (Å²) in [5.41, 5.74) is 3.90. The fourth-order valence-corrected chi connectivity index (χ4v) is 7.77. The summed E-state index contributed by atoms with van der Waals surface area (Å²) in [6.07, 6.45) is 8.41. The van der Waals surface area contributed by atoms with Crippen molar-refractivity contribution in [3.05, 3.63) is 135 Å². The molecule has 1 N–H and O–H groups in total. The molecule has 0 radical (unpaired) electrons. The number of carbonyl (C=O) groups is 3. The third kappa shape index (κ3) is 4.38. The first-order valence-corrected chi connectivity index (χ1v) is 16.1. The number of anilines is 2. The molecule has 1 unspecified atom stereocenters. The molecule has 1 amide bonds. The highest BCUT2D eigenvalue weighted by Gasteiger charge is 2.70. The van der Waals surface area contributed by atoms with Crippen molar-refractivity contribution in [2.24, 2.45) is 5.92 Å². The maximum Gasteiger partial charge on any atom is 0.238 e. The molecule has 1 saturated heterocycles. The number of hydrogen-bond acceptors (Lipinski definition) is 4. The van der Waals surface area contributed by atoms with Gasteiger partial charge in [-0.1, -0.05) is 121 Å². The molecule has 4 aromatic rings. The van der Waals surface area contributed by atoms with E-state index in [1.807, 2.05) is 102 Å². The molecule has 4 aromatic carbocycles. The van der Waals surface area contributed by atoms with Crippen LogP contribution in [0.15, 0.2) is 108 Å². The molecule has 0 saturated carbocycles. The van der Waals surface area contributed by atoms with Crippen molar-refractivity contribution in [2.45, 2.75) is 50.1 Å². The summed E-state index contributed by atoms with van der Waals surface area (Å²) in [6, 6.07) is 29.0. The van der Waals surface area contributed by atoms with E-state index in [1.54, 1.807) is 12.1 Å². The normalized spacial score (nSPS) is 22.8. The Kier molecular flexibility index (Phi) is 7.33. The van der Waals surface area contributed by atoms with Crippen molar-refractivity contribution in [1.29, 1.82) is 0 Å². The van der Waals surface area contributed by atoms with E-state index in [9.17, 15) is 14.4 Å². The van der Waals surface area contributed by atoms with E-state index >= 15 is 0 Å². The number of aryl methyl sites for hydroxylation is 1. The Hall–Kier alpha value is -4.29. The fraction of sp³-hybridized carbons (Fsp3) is 0.237. The van der Waals surface area contributed by atoms with Crippen LogP contribution in [0.1, 0.15) is 63.6 Å². The van der Waals surface area contributed by atoms with E-state index < -0.39 is 23.4 Å². The van der Waals surface area contributed by atoms with E-state index in [4.69, 9.17) is 0 Å². The first-order chi connectivity index (χ1) is 21.4. The second kappa shape index (κ2) is 11.3. The standard InChI is InChI=1S/C38H33BrN2O3/c1-2-3-4-9-24-14-16-26(17-15-24)34(42)33-32-23-20-25-10-5-8-13-31(25)41(32)36(35(43)27-18-21-28(39)22-19-27)38(33)29-11-6-7-12-30(29)40-37(38)44/h5-8,10-23,32-33,36H,2-4,9H2,1H3,(H,40,44)/t32?,33-,36+,38+/m0/s1. The summed E-state index contributed by atoms with van der Waals surface area (Å²) in [4.78, 5) is 46.4. The zero-order valence-electron chi connectivity index (χ0n) is 24.5. The second-order valence-corrected chi connectivity index (χ2v) is 12.9.